The summed E-state index contributed by atoms with van der Waals surface area (Å²) in [5.41, 5.74) is -0.333. The first kappa shape index (κ1) is 7.05. The molecule has 1 aromatic heterocycles. The third-order valence-corrected chi connectivity index (χ3v) is 1.09. The van der Waals surface area contributed by atoms with Crippen LogP contribution >= 0.6 is 0 Å². The summed E-state index contributed by atoms with van der Waals surface area (Å²) in [5.74, 6) is 0.512. The molecular formula is C6H11N2O2+. The van der Waals surface area contributed by atoms with E-state index in [9.17, 15) is 4.79 Å². The van der Waals surface area contributed by atoms with Crippen molar-refractivity contribution in [3.05, 3.63) is 16.6 Å². The summed E-state index contributed by atoms with van der Waals surface area (Å²) in [5, 5.41) is 2.47. The normalized spacial score (nSPS) is 10.7. The van der Waals surface area contributed by atoms with E-state index in [-0.39, 0.29) is 5.63 Å². The summed E-state index contributed by atoms with van der Waals surface area (Å²) in [6.45, 7) is 4.92. The molecule has 10 heavy (non-hydrogen) atoms. The van der Waals surface area contributed by atoms with Crippen LogP contribution in [-0.4, -0.2) is 5.27 Å². The van der Waals surface area contributed by atoms with Crippen LogP contribution < -0.4 is 10.3 Å². The highest BCUT2D eigenvalue weighted by molar-refractivity contribution is 4.48. The van der Waals surface area contributed by atoms with Crippen LogP contribution in [0.1, 0.15) is 13.8 Å². The van der Waals surface area contributed by atoms with Crippen molar-refractivity contribution in [1.82, 2.24) is 5.27 Å². The standard InChI is InChI=1S/C6H10N2O2/c1-5(2)3-8-4-6(9)10-7-8/h4-5H,3H2,1-2H3/p+1. The van der Waals surface area contributed by atoms with E-state index in [4.69, 9.17) is 0 Å². The Morgan fingerprint density at radius 2 is 2.50 bits per heavy atom. The van der Waals surface area contributed by atoms with Crippen molar-refractivity contribution in [1.29, 1.82) is 0 Å². The van der Waals surface area contributed by atoms with Gasteiger partial charge in [-0.3, -0.25) is 4.52 Å². The molecule has 0 radical (unpaired) electrons. The molecule has 4 nitrogen and oxygen atoms in total. The van der Waals surface area contributed by atoms with Gasteiger partial charge in [0.15, 0.2) is 6.54 Å². The summed E-state index contributed by atoms with van der Waals surface area (Å²) in [7, 11) is 0. The molecule has 0 saturated carbocycles. The lowest BCUT2D eigenvalue weighted by atomic mass is 10.2. The zero-order chi connectivity index (χ0) is 7.56. The predicted molar refractivity (Wildman–Crippen MR) is 34.4 cm³/mol. The van der Waals surface area contributed by atoms with Crippen LogP contribution in [0.5, 0.6) is 0 Å². The molecule has 0 atom stereocenters. The van der Waals surface area contributed by atoms with Crippen molar-refractivity contribution >= 4 is 0 Å². The molecule has 0 aliphatic heterocycles. The molecule has 1 heterocycles. The zero-order valence-electron chi connectivity index (χ0n) is 6.13. The molecule has 0 bridgehead atoms. The molecule has 0 amide bonds. The number of H-pyrrole nitrogens is 1. The Bertz CT molecular complexity index is 248. The molecule has 56 valence electrons. The van der Waals surface area contributed by atoms with Gasteiger partial charge in [-0.1, -0.05) is 18.5 Å². The summed E-state index contributed by atoms with van der Waals surface area (Å²) in [6, 6.07) is 0. The predicted octanol–water partition coefficient (Wildman–Crippen LogP) is -0.0886. The Kier molecular flexibility index (Phi) is 1.89. The first-order valence-electron chi connectivity index (χ1n) is 3.26. The van der Waals surface area contributed by atoms with Gasteiger partial charge in [0, 0.05) is 5.92 Å². The van der Waals surface area contributed by atoms with Crippen molar-refractivity contribution in [2.24, 2.45) is 5.92 Å². The van der Waals surface area contributed by atoms with Gasteiger partial charge in [-0.05, 0) is 5.27 Å². The van der Waals surface area contributed by atoms with Gasteiger partial charge >= 0.3 is 5.63 Å². The van der Waals surface area contributed by atoms with E-state index in [1.807, 2.05) is 0 Å². The lowest BCUT2D eigenvalue weighted by Crippen LogP contribution is -2.37. The molecule has 1 N–H and O–H groups in total. The molecule has 4 heteroatoms. The second kappa shape index (κ2) is 2.68. The number of nitrogens with zero attached hydrogens (tertiary/aromatic N) is 1. The third kappa shape index (κ3) is 1.72. The minimum absolute atomic E-state index is 0.333. The first-order chi connectivity index (χ1) is 4.68. The Hall–Kier alpha value is -1.06. The number of hydrogen-bond acceptors (Lipinski definition) is 2. The molecule has 0 spiro atoms. The van der Waals surface area contributed by atoms with Gasteiger partial charge < -0.3 is 0 Å². The minimum atomic E-state index is -0.333. The van der Waals surface area contributed by atoms with Crippen LogP contribution in [0, 0.1) is 5.92 Å². The van der Waals surface area contributed by atoms with Crippen LogP contribution in [0.2, 0.25) is 0 Å². The fraction of sp³-hybridized carbons (Fsp3) is 0.667. The van der Waals surface area contributed by atoms with Crippen LogP contribution in [0.15, 0.2) is 15.5 Å². The molecule has 0 aliphatic carbocycles. The van der Waals surface area contributed by atoms with Gasteiger partial charge in [0.25, 0.3) is 6.20 Å². The molecule has 0 unspecified atom stereocenters. The molecule has 1 rings (SSSR count). The molecular weight excluding hydrogens is 132 g/mol. The van der Waals surface area contributed by atoms with Crippen molar-refractivity contribution in [2.45, 2.75) is 20.4 Å². The highest BCUT2D eigenvalue weighted by Gasteiger charge is 2.06. The molecule has 0 aliphatic rings. The Balaban J connectivity index is 2.67. The summed E-state index contributed by atoms with van der Waals surface area (Å²) in [4.78, 5) is 10.5. The Labute approximate surface area is 58.4 Å². The molecule has 0 saturated heterocycles. The van der Waals surface area contributed by atoms with Crippen molar-refractivity contribution in [3.63, 3.8) is 0 Å². The van der Waals surface area contributed by atoms with Gasteiger partial charge in [-0.25, -0.2) is 4.79 Å². The average Bonchev–Trinajstić information content (AvgIpc) is 2.13. The van der Waals surface area contributed by atoms with E-state index >= 15 is 0 Å². The lowest BCUT2D eigenvalue weighted by molar-refractivity contribution is -0.766. The maximum absolute atomic E-state index is 10.5. The minimum Gasteiger partial charge on any atom is -0.284 e. The quantitative estimate of drug-likeness (QED) is 0.588. The number of rotatable bonds is 2. The number of hydrogen-bond donors (Lipinski definition) is 1. The first-order valence-corrected chi connectivity index (χ1v) is 3.26. The van der Waals surface area contributed by atoms with Crippen molar-refractivity contribution < 1.29 is 9.20 Å². The van der Waals surface area contributed by atoms with Gasteiger partial charge in [0.1, 0.15) is 0 Å². The monoisotopic (exact) mass is 143 g/mol. The fourth-order valence-corrected chi connectivity index (χ4v) is 0.767. The van der Waals surface area contributed by atoms with Crippen LogP contribution in [0.4, 0.5) is 0 Å². The van der Waals surface area contributed by atoms with E-state index < -0.39 is 0 Å². The van der Waals surface area contributed by atoms with Crippen molar-refractivity contribution in [2.75, 3.05) is 0 Å². The van der Waals surface area contributed by atoms with E-state index in [0.717, 1.165) is 6.54 Å². The topological polar surface area (TPSA) is 49.9 Å². The van der Waals surface area contributed by atoms with E-state index in [0.29, 0.717) is 5.92 Å². The molecule has 0 fully saturated rings. The Morgan fingerprint density at radius 3 is 2.90 bits per heavy atom. The highest BCUT2D eigenvalue weighted by atomic mass is 16.5. The third-order valence-electron chi connectivity index (χ3n) is 1.09. The molecule has 0 aromatic carbocycles. The maximum atomic E-state index is 10.5. The zero-order valence-corrected chi connectivity index (χ0v) is 6.13. The average molecular weight is 143 g/mol. The van der Waals surface area contributed by atoms with Gasteiger partial charge in [0.2, 0.25) is 0 Å². The lowest BCUT2D eigenvalue weighted by Gasteiger charge is -1.92. The summed E-state index contributed by atoms with van der Waals surface area (Å²) < 4.78 is 6.08. The van der Waals surface area contributed by atoms with Gasteiger partial charge in [0.05, 0.1) is 0 Å². The second-order valence-electron chi connectivity index (χ2n) is 2.69. The van der Waals surface area contributed by atoms with E-state index in [1.165, 1.54) is 6.20 Å². The Morgan fingerprint density at radius 1 is 1.80 bits per heavy atom. The van der Waals surface area contributed by atoms with Gasteiger partial charge in [-0.15, -0.1) is 0 Å². The smallest absolute Gasteiger partial charge is 0.284 e. The number of nitrogens with one attached hydrogen (secondary N) is 1. The summed E-state index contributed by atoms with van der Waals surface area (Å²) in [6.07, 6.45) is 1.40. The highest BCUT2D eigenvalue weighted by Crippen LogP contribution is 1.87. The van der Waals surface area contributed by atoms with Crippen LogP contribution in [0.25, 0.3) is 0 Å². The second-order valence-corrected chi connectivity index (χ2v) is 2.69. The summed E-state index contributed by atoms with van der Waals surface area (Å²) >= 11 is 0. The van der Waals surface area contributed by atoms with Gasteiger partial charge in [-0.2, -0.15) is 0 Å². The molecule has 1 aromatic rings. The largest absolute Gasteiger partial charge is 0.426 e. The van der Waals surface area contributed by atoms with E-state index in [2.05, 4.69) is 23.6 Å². The van der Waals surface area contributed by atoms with Crippen LogP contribution in [0.3, 0.4) is 0 Å². The fourth-order valence-electron chi connectivity index (χ4n) is 0.767. The van der Waals surface area contributed by atoms with Crippen molar-refractivity contribution in [3.8, 4) is 0 Å². The van der Waals surface area contributed by atoms with Crippen LogP contribution in [-0.2, 0) is 6.54 Å². The number of aromatic amines is 1. The number of aromatic nitrogens is 2. The maximum Gasteiger partial charge on any atom is 0.426 e. The SMILES string of the molecule is CC(C)C[n+]1cc(=O)o[nH]1. The van der Waals surface area contributed by atoms with E-state index in [1.54, 1.807) is 4.68 Å².